The van der Waals surface area contributed by atoms with Gasteiger partial charge in [0.25, 0.3) is 0 Å². The van der Waals surface area contributed by atoms with Crippen LogP contribution < -0.4 is 5.73 Å². The van der Waals surface area contributed by atoms with E-state index in [0.717, 1.165) is 12.0 Å². The zero-order valence-corrected chi connectivity index (χ0v) is 12.3. The Kier molecular flexibility index (Phi) is 3.97. The first-order valence-corrected chi connectivity index (χ1v) is 6.80. The molecule has 0 aliphatic heterocycles. The standard InChI is InChI=1S/C16H24N2O/c1-16(2,9-10-17)15(18(3)4)13-11-19-14-8-6-5-7-12(13)14/h5-8,11,15H,9-10,17H2,1-4H3. The molecule has 1 heterocycles. The molecule has 2 rings (SSSR count). The number of nitrogens with two attached hydrogens (primary N) is 1. The van der Waals surface area contributed by atoms with Crippen LogP contribution in [0.3, 0.4) is 0 Å². The summed E-state index contributed by atoms with van der Waals surface area (Å²) in [7, 11) is 4.23. The van der Waals surface area contributed by atoms with Gasteiger partial charge in [0.2, 0.25) is 0 Å². The minimum Gasteiger partial charge on any atom is -0.464 e. The molecular weight excluding hydrogens is 236 g/mol. The van der Waals surface area contributed by atoms with E-state index in [-0.39, 0.29) is 5.41 Å². The van der Waals surface area contributed by atoms with Gasteiger partial charge >= 0.3 is 0 Å². The summed E-state index contributed by atoms with van der Waals surface area (Å²) < 4.78 is 5.70. The second-order valence-electron chi connectivity index (χ2n) is 6.08. The van der Waals surface area contributed by atoms with E-state index in [1.54, 1.807) is 0 Å². The van der Waals surface area contributed by atoms with E-state index in [2.05, 4.69) is 45.0 Å². The van der Waals surface area contributed by atoms with Gasteiger partial charge < -0.3 is 15.1 Å². The van der Waals surface area contributed by atoms with E-state index in [9.17, 15) is 0 Å². The van der Waals surface area contributed by atoms with Crippen LogP contribution >= 0.6 is 0 Å². The molecule has 1 aromatic heterocycles. The maximum absolute atomic E-state index is 5.78. The van der Waals surface area contributed by atoms with Crippen LogP contribution in [0.4, 0.5) is 0 Å². The molecule has 0 spiro atoms. The second-order valence-corrected chi connectivity index (χ2v) is 6.08. The Balaban J connectivity index is 2.50. The summed E-state index contributed by atoms with van der Waals surface area (Å²) in [5, 5.41) is 1.20. The van der Waals surface area contributed by atoms with Crippen LogP contribution in [0.15, 0.2) is 34.9 Å². The Morgan fingerprint density at radius 3 is 2.58 bits per heavy atom. The topological polar surface area (TPSA) is 42.4 Å². The summed E-state index contributed by atoms with van der Waals surface area (Å²) >= 11 is 0. The van der Waals surface area contributed by atoms with Crippen molar-refractivity contribution in [1.29, 1.82) is 0 Å². The first-order valence-electron chi connectivity index (χ1n) is 6.80. The number of fused-ring (bicyclic) bond motifs is 1. The number of para-hydroxylation sites is 1. The average Bonchev–Trinajstić information content (AvgIpc) is 2.72. The van der Waals surface area contributed by atoms with Gasteiger partial charge in [-0.2, -0.15) is 0 Å². The zero-order valence-electron chi connectivity index (χ0n) is 12.3. The highest BCUT2D eigenvalue weighted by molar-refractivity contribution is 5.81. The number of benzene rings is 1. The van der Waals surface area contributed by atoms with Crippen LogP contribution in [-0.4, -0.2) is 25.5 Å². The lowest BCUT2D eigenvalue weighted by Gasteiger charge is -2.38. The molecule has 0 bridgehead atoms. The molecule has 0 aliphatic carbocycles. The molecule has 3 heteroatoms. The van der Waals surface area contributed by atoms with E-state index >= 15 is 0 Å². The number of hydrogen-bond acceptors (Lipinski definition) is 3. The van der Waals surface area contributed by atoms with Crippen molar-refractivity contribution < 1.29 is 4.42 Å². The van der Waals surface area contributed by atoms with Gasteiger partial charge in [0.15, 0.2) is 0 Å². The molecule has 0 saturated heterocycles. The Bertz CT molecular complexity index is 542. The third-order valence-electron chi connectivity index (χ3n) is 3.85. The molecule has 3 nitrogen and oxygen atoms in total. The SMILES string of the molecule is CN(C)C(c1coc2ccccc12)C(C)(C)CCN. The molecule has 2 N–H and O–H groups in total. The summed E-state index contributed by atoms with van der Waals surface area (Å²) in [5.74, 6) is 0. The summed E-state index contributed by atoms with van der Waals surface area (Å²) in [5.41, 5.74) is 8.08. The molecule has 0 saturated carbocycles. The van der Waals surface area contributed by atoms with Gasteiger partial charge in [-0.1, -0.05) is 32.0 Å². The molecule has 0 fully saturated rings. The van der Waals surface area contributed by atoms with Gasteiger partial charge in [-0.15, -0.1) is 0 Å². The fraction of sp³-hybridized carbons (Fsp3) is 0.500. The Labute approximate surface area is 115 Å². The lowest BCUT2D eigenvalue weighted by atomic mass is 9.77. The van der Waals surface area contributed by atoms with Crippen molar-refractivity contribution in [1.82, 2.24) is 4.90 Å². The predicted octanol–water partition coefficient (Wildman–Crippen LogP) is 3.41. The molecule has 1 unspecified atom stereocenters. The van der Waals surface area contributed by atoms with Crippen molar-refractivity contribution >= 4 is 11.0 Å². The highest BCUT2D eigenvalue weighted by Crippen LogP contribution is 2.42. The molecule has 104 valence electrons. The van der Waals surface area contributed by atoms with Gasteiger partial charge in [0, 0.05) is 17.0 Å². The predicted molar refractivity (Wildman–Crippen MR) is 80.1 cm³/mol. The smallest absolute Gasteiger partial charge is 0.134 e. The van der Waals surface area contributed by atoms with Crippen LogP contribution in [0.25, 0.3) is 11.0 Å². The van der Waals surface area contributed by atoms with Gasteiger partial charge in [-0.05, 0) is 38.5 Å². The third-order valence-corrected chi connectivity index (χ3v) is 3.85. The normalized spacial score (nSPS) is 14.2. The summed E-state index contributed by atoms with van der Waals surface area (Å²) in [6, 6.07) is 8.50. The van der Waals surface area contributed by atoms with Crippen LogP contribution in [-0.2, 0) is 0 Å². The Morgan fingerprint density at radius 1 is 1.26 bits per heavy atom. The first-order chi connectivity index (χ1) is 8.97. The Morgan fingerprint density at radius 2 is 1.95 bits per heavy atom. The lowest BCUT2D eigenvalue weighted by molar-refractivity contribution is 0.129. The molecule has 0 aliphatic rings. The van der Waals surface area contributed by atoms with Gasteiger partial charge in [-0.25, -0.2) is 0 Å². The van der Waals surface area contributed by atoms with Crippen LogP contribution in [0.5, 0.6) is 0 Å². The number of nitrogens with zero attached hydrogens (tertiary/aromatic N) is 1. The highest BCUT2D eigenvalue weighted by atomic mass is 16.3. The zero-order chi connectivity index (χ0) is 14.0. The van der Waals surface area contributed by atoms with E-state index in [1.165, 1.54) is 10.9 Å². The fourth-order valence-electron chi connectivity index (χ4n) is 3.12. The maximum Gasteiger partial charge on any atom is 0.134 e. The van der Waals surface area contributed by atoms with E-state index in [4.69, 9.17) is 10.2 Å². The number of hydrogen-bond donors (Lipinski definition) is 1. The second kappa shape index (κ2) is 5.35. The monoisotopic (exact) mass is 260 g/mol. The van der Waals surface area contributed by atoms with Crippen molar-refractivity contribution in [2.75, 3.05) is 20.6 Å². The van der Waals surface area contributed by atoms with E-state index < -0.39 is 0 Å². The summed E-state index contributed by atoms with van der Waals surface area (Å²) in [6.07, 6.45) is 2.88. The number of furan rings is 1. The number of rotatable bonds is 5. The van der Waals surface area contributed by atoms with E-state index in [1.807, 2.05) is 18.4 Å². The van der Waals surface area contributed by atoms with E-state index in [0.29, 0.717) is 12.6 Å². The van der Waals surface area contributed by atoms with Crippen molar-refractivity contribution in [2.45, 2.75) is 26.3 Å². The molecule has 2 aromatic rings. The van der Waals surface area contributed by atoms with Crippen molar-refractivity contribution in [3.05, 3.63) is 36.1 Å². The fourth-order valence-corrected chi connectivity index (χ4v) is 3.12. The van der Waals surface area contributed by atoms with Gasteiger partial charge in [-0.3, -0.25) is 0 Å². The molecule has 0 radical (unpaired) electrons. The van der Waals surface area contributed by atoms with Crippen LogP contribution in [0.1, 0.15) is 31.9 Å². The summed E-state index contributed by atoms with van der Waals surface area (Å²) in [4.78, 5) is 2.26. The van der Waals surface area contributed by atoms with Crippen molar-refractivity contribution in [3.63, 3.8) is 0 Å². The lowest BCUT2D eigenvalue weighted by Crippen LogP contribution is -2.35. The minimum atomic E-state index is 0.102. The molecular formula is C16H24N2O. The molecule has 0 amide bonds. The van der Waals surface area contributed by atoms with Crippen LogP contribution in [0.2, 0.25) is 0 Å². The quantitative estimate of drug-likeness (QED) is 0.895. The maximum atomic E-state index is 5.78. The van der Waals surface area contributed by atoms with Gasteiger partial charge in [0.1, 0.15) is 5.58 Å². The van der Waals surface area contributed by atoms with Crippen molar-refractivity contribution in [2.24, 2.45) is 11.1 Å². The van der Waals surface area contributed by atoms with Gasteiger partial charge in [0.05, 0.1) is 6.26 Å². The average molecular weight is 260 g/mol. The molecule has 19 heavy (non-hydrogen) atoms. The van der Waals surface area contributed by atoms with Crippen LogP contribution in [0, 0.1) is 5.41 Å². The third kappa shape index (κ3) is 2.67. The highest BCUT2D eigenvalue weighted by Gasteiger charge is 2.33. The molecule has 1 aromatic carbocycles. The minimum absolute atomic E-state index is 0.102. The van der Waals surface area contributed by atoms with Crippen molar-refractivity contribution in [3.8, 4) is 0 Å². The summed E-state index contributed by atoms with van der Waals surface area (Å²) in [6.45, 7) is 5.24. The largest absolute Gasteiger partial charge is 0.464 e. The first kappa shape index (κ1) is 14.1. The Hall–Kier alpha value is -1.32. The molecule has 1 atom stereocenters.